The number of aromatic hydroxyl groups is 1. The lowest BCUT2D eigenvalue weighted by Crippen LogP contribution is -2.40. The van der Waals surface area contributed by atoms with Crippen LogP contribution in [0.2, 0.25) is 0 Å². The van der Waals surface area contributed by atoms with Gasteiger partial charge in [0, 0.05) is 0 Å². The summed E-state index contributed by atoms with van der Waals surface area (Å²) in [6.07, 6.45) is -0.390. The maximum Gasteiger partial charge on any atom is 0.321 e. The number of nitrogens with one attached hydrogen (secondary N) is 1. The number of aliphatic hydroxyl groups is 1. The molecule has 4 N–H and O–H groups in total. The molecule has 160 valence electrons. The van der Waals surface area contributed by atoms with Crippen molar-refractivity contribution in [3.63, 3.8) is 0 Å². The van der Waals surface area contributed by atoms with Gasteiger partial charge in [0.2, 0.25) is 0 Å². The second-order valence-corrected chi connectivity index (χ2v) is 6.99. The van der Waals surface area contributed by atoms with E-state index in [9.17, 15) is 24.9 Å². The van der Waals surface area contributed by atoms with E-state index < -0.39 is 18.2 Å². The Morgan fingerprint density at radius 2 is 1.68 bits per heavy atom. The van der Waals surface area contributed by atoms with Crippen molar-refractivity contribution in [2.45, 2.75) is 25.3 Å². The third-order valence-corrected chi connectivity index (χ3v) is 4.79. The second kappa shape index (κ2) is 10.4. The van der Waals surface area contributed by atoms with Crippen LogP contribution in [0.15, 0.2) is 72.8 Å². The highest BCUT2D eigenvalue weighted by molar-refractivity contribution is 5.83. The number of aldehydes is 1. The van der Waals surface area contributed by atoms with E-state index >= 15 is 0 Å². The minimum atomic E-state index is -1.16. The molecule has 3 aromatic rings. The fourth-order valence-electron chi connectivity index (χ4n) is 3.09. The number of carboxylic acids is 1. The average molecular weight is 421 g/mol. The van der Waals surface area contributed by atoms with Gasteiger partial charge in [-0.2, -0.15) is 0 Å². The summed E-state index contributed by atoms with van der Waals surface area (Å²) in [5, 5.41) is 32.4. The first kappa shape index (κ1) is 22.0. The molecule has 0 bridgehead atoms. The van der Waals surface area contributed by atoms with Crippen LogP contribution in [-0.4, -0.2) is 33.6 Å². The molecule has 0 spiro atoms. The molecule has 0 saturated carbocycles. The van der Waals surface area contributed by atoms with Crippen LogP contribution in [0.4, 0.5) is 0 Å². The van der Waals surface area contributed by atoms with Crippen LogP contribution >= 0.6 is 0 Å². The summed E-state index contributed by atoms with van der Waals surface area (Å²) in [6.45, 7) is 0.153. The van der Waals surface area contributed by atoms with E-state index in [0.29, 0.717) is 11.8 Å². The van der Waals surface area contributed by atoms with Crippen LogP contribution in [0, 0.1) is 0 Å². The molecule has 0 saturated heterocycles. The van der Waals surface area contributed by atoms with Crippen LogP contribution in [0.1, 0.15) is 33.3 Å². The smallest absolute Gasteiger partial charge is 0.321 e. The molecule has 3 aromatic carbocycles. The normalized spacial score (nSPS) is 12.7. The molecule has 0 aliphatic heterocycles. The zero-order chi connectivity index (χ0) is 22.2. The number of hydrogen-bond acceptors (Lipinski definition) is 6. The predicted molar refractivity (Wildman–Crippen MR) is 114 cm³/mol. The summed E-state index contributed by atoms with van der Waals surface area (Å²) in [5.74, 6) is -0.934. The molecule has 0 fully saturated rings. The van der Waals surface area contributed by atoms with E-state index in [-0.39, 0.29) is 30.1 Å². The number of carboxylic acid groups (broad SMARTS) is 1. The molecule has 0 aliphatic carbocycles. The van der Waals surface area contributed by atoms with E-state index in [4.69, 9.17) is 4.74 Å². The Kier molecular flexibility index (Phi) is 7.37. The van der Waals surface area contributed by atoms with Gasteiger partial charge in [-0.3, -0.25) is 14.9 Å². The summed E-state index contributed by atoms with van der Waals surface area (Å²) in [6, 6.07) is 19.6. The quantitative estimate of drug-likeness (QED) is 0.294. The van der Waals surface area contributed by atoms with Gasteiger partial charge >= 0.3 is 5.97 Å². The van der Waals surface area contributed by atoms with Gasteiger partial charge in [-0.25, -0.2) is 0 Å². The molecule has 0 heterocycles. The van der Waals surface area contributed by atoms with E-state index in [2.05, 4.69) is 5.32 Å². The molecule has 1 unspecified atom stereocenters. The number of aliphatic carboxylic acids is 1. The molecular formula is C24H23NO6. The Balaban J connectivity index is 1.61. The lowest BCUT2D eigenvalue weighted by Gasteiger charge is -2.20. The summed E-state index contributed by atoms with van der Waals surface area (Å²) in [5.41, 5.74) is 2.21. The third-order valence-electron chi connectivity index (χ3n) is 4.79. The van der Waals surface area contributed by atoms with Crippen LogP contribution in [0.3, 0.4) is 0 Å². The fraction of sp³-hybridized carbons (Fsp3) is 0.167. The monoisotopic (exact) mass is 421 g/mol. The topological polar surface area (TPSA) is 116 Å². The number of carbonyl (C=O) groups excluding carboxylic acids is 1. The highest BCUT2D eigenvalue weighted by atomic mass is 16.5. The number of ether oxygens (including phenoxy) is 1. The number of phenols is 1. The molecule has 2 atom stereocenters. The molecule has 0 aromatic heterocycles. The Labute approximate surface area is 179 Å². The van der Waals surface area contributed by atoms with Gasteiger partial charge in [0.25, 0.3) is 0 Å². The Bertz CT molecular complexity index is 1020. The molecule has 3 rings (SSSR count). The maximum absolute atomic E-state index is 11.6. The van der Waals surface area contributed by atoms with Gasteiger partial charge in [0.15, 0.2) is 6.29 Å². The average Bonchev–Trinajstić information content (AvgIpc) is 2.78. The minimum Gasteiger partial charge on any atom is -0.507 e. The summed E-state index contributed by atoms with van der Waals surface area (Å²) in [7, 11) is 0. The van der Waals surface area contributed by atoms with E-state index in [1.54, 1.807) is 36.4 Å². The number of benzene rings is 3. The molecule has 0 amide bonds. The van der Waals surface area contributed by atoms with E-state index in [1.807, 2.05) is 30.3 Å². The number of hydrogen-bond donors (Lipinski definition) is 4. The van der Waals surface area contributed by atoms with E-state index in [0.717, 1.165) is 11.1 Å². The predicted octanol–water partition coefficient (Wildman–Crippen LogP) is 3.06. The van der Waals surface area contributed by atoms with Gasteiger partial charge in [0.05, 0.1) is 5.56 Å². The Morgan fingerprint density at radius 1 is 0.968 bits per heavy atom. The SMILES string of the molecule is O=Cc1c(O)cccc1OCc1ccc(C(O)N[C@@H](Cc2ccccc2)C(=O)O)cc1. The number of rotatable bonds is 10. The zero-order valence-electron chi connectivity index (χ0n) is 16.6. The van der Waals surface area contributed by atoms with Crippen molar-refractivity contribution in [3.8, 4) is 11.5 Å². The lowest BCUT2D eigenvalue weighted by molar-refractivity contribution is -0.140. The largest absolute Gasteiger partial charge is 0.507 e. The van der Waals surface area contributed by atoms with Crippen LogP contribution < -0.4 is 10.1 Å². The second-order valence-electron chi connectivity index (χ2n) is 6.99. The van der Waals surface area contributed by atoms with Crippen molar-refractivity contribution in [3.05, 3.63) is 95.1 Å². The van der Waals surface area contributed by atoms with Gasteiger partial charge in [-0.1, -0.05) is 60.7 Å². The van der Waals surface area contributed by atoms with Gasteiger partial charge in [0.1, 0.15) is 30.4 Å². The molecule has 0 aliphatic rings. The molecule has 31 heavy (non-hydrogen) atoms. The van der Waals surface area contributed by atoms with Gasteiger partial charge in [-0.15, -0.1) is 0 Å². The molecule has 0 radical (unpaired) electrons. The van der Waals surface area contributed by atoms with Gasteiger partial charge < -0.3 is 20.1 Å². The first-order valence-electron chi connectivity index (χ1n) is 9.67. The van der Waals surface area contributed by atoms with Crippen molar-refractivity contribution >= 4 is 12.3 Å². The van der Waals surface area contributed by atoms with Crippen LogP contribution in [-0.2, 0) is 17.8 Å². The highest BCUT2D eigenvalue weighted by Gasteiger charge is 2.21. The first-order chi connectivity index (χ1) is 15.0. The summed E-state index contributed by atoms with van der Waals surface area (Å²) < 4.78 is 5.61. The van der Waals surface area contributed by atoms with Crippen LogP contribution in [0.25, 0.3) is 0 Å². The first-order valence-corrected chi connectivity index (χ1v) is 9.67. The van der Waals surface area contributed by atoms with Crippen LogP contribution in [0.5, 0.6) is 11.5 Å². The molecular weight excluding hydrogens is 398 g/mol. The van der Waals surface area contributed by atoms with Gasteiger partial charge in [-0.05, 0) is 35.2 Å². The third kappa shape index (κ3) is 5.91. The van der Waals surface area contributed by atoms with Crippen molar-refractivity contribution in [1.82, 2.24) is 5.32 Å². The van der Waals surface area contributed by atoms with E-state index in [1.165, 1.54) is 6.07 Å². The Hall–Kier alpha value is -3.68. The van der Waals surface area contributed by atoms with Crippen molar-refractivity contribution in [2.75, 3.05) is 0 Å². The van der Waals surface area contributed by atoms with Crippen molar-refractivity contribution in [1.29, 1.82) is 0 Å². The number of aliphatic hydroxyl groups excluding tert-OH is 1. The fourth-order valence-corrected chi connectivity index (χ4v) is 3.09. The summed E-state index contributed by atoms with van der Waals surface area (Å²) in [4.78, 5) is 22.7. The molecule has 7 nitrogen and oxygen atoms in total. The summed E-state index contributed by atoms with van der Waals surface area (Å²) >= 11 is 0. The highest BCUT2D eigenvalue weighted by Crippen LogP contribution is 2.26. The Morgan fingerprint density at radius 3 is 2.32 bits per heavy atom. The zero-order valence-corrected chi connectivity index (χ0v) is 16.6. The minimum absolute atomic E-state index is 0.0804. The number of carbonyl (C=O) groups is 2. The molecule has 7 heteroatoms. The van der Waals surface area contributed by atoms with Crippen molar-refractivity contribution in [2.24, 2.45) is 0 Å². The van der Waals surface area contributed by atoms with Crippen molar-refractivity contribution < 1.29 is 29.6 Å². The maximum atomic E-state index is 11.6. The number of phenolic OH excluding ortho intramolecular Hbond substituents is 1. The lowest BCUT2D eigenvalue weighted by atomic mass is 10.0. The standard InChI is InChI=1S/C24H23NO6/c26-14-19-21(27)7-4-8-22(19)31-15-17-9-11-18(12-10-17)23(28)25-20(24(29)30)13-16-5-2-1-3-6-16/h1-12,14,20,23,25,27-28H,13,15H2,(H,29,30)/t20-,23?/m0/s1.